The van der Waals surface area contributed by atoms with Crippen LogP contribution in [0.3, 0.4) is 0 Å². The van der Waals surface area contributed by atoms with Gasteiger partial charge in [0.15, 0.2) is 5.13 Å². The molecule has 7 heteroatoms. The second-order valence-electron chi connectivity index (χ2n) is 4.34. The van der Waals surface area contributed by atoms with E-state index in [-0.39, 0.29) is 11.9 Å². The Balaban J connectivity index is 2.11. The molecule has 2 rings (SSSR count). The van der Waals surface area contributed by atoms with E-state index in [2.05, 4.69) is 20.7 Å². The fourth-order valence-electron chi connectivity index (χ4n) is 1.68. The monoisotopic (exact) mass is 279 g/mol. The van der Waals surface area contributed by atoms with Crippen LogP contribution in [0.5, 0.6) is 0 Å². The SMILES string of the molecule is CNC(C)c1csc(NC(=O)c2cn(C)nc2C)n1. The molecule has 0 radical (unpaired) electrons. The number of hydrogen-bond donors (Lipinski definition) is 2. The average Bonchev–Trinajstić information content (AvgIpc) is 2.95. The second kappa shape index (κ2) is 5.50. The van der Waals surface area contributed by atoms with Crippen molar-refractivity contribution in [3.63, 3.8) is 0 Å². The van der Waals surface area contributed by atoms with E-state index in [9.17, 15) is 4.79 Å². The summed E-state index contributed by atoms with van der Waals surface area (Å²) in [6, 6.07) is 0.169. The summed E-state index contributed by atoms with van der Waals surface area (Å²) in [6.45, 7) is 3.83. The first-order valence-electron chi connectivity index (χ1n) is 5.95. The summed E-state index contributed by atoms with van der Waals surface area (Å²) in [4.78, 5) is 16.5. The minimum atomic E-state index is -0.177. The van der Waals surface area contributed by atoms with Crippen LogP contribution < -0.4 is 10.6 Å². The number of amides is 1. The summed E-state index contributed by atoms with van der Waals surface area (Å²) in [7, 11) is 3.67. The molecule has 102 valence electrons. The van der Waals surface area contributed by atoms with Gasteiger partial charge in [-0.3, -0.25) is 14.8 Å². The smallest absolute Gasteiger partial charge is 0.260 e. The lowest BCUT2D eigenvalue weighted by Crippen LogP contribution is -2.14. The standard InChI is InChI=1S/C12H17N5OS/c1-7-9(5-17(4)16-7)11(18)15-12-14-10(6-19-12)8(2)13-3/h5-6,8,13H,1-4H3,(H,14,15,18). The fourth-order valence-corrected chi connectivity index (χ4v) is 2.48. The van der Waals surface area contributed by atoms with Crippen molar-refractivity contribution in [2.24, 2.45) is 7.05 Å². The maximum atomic E-state index is 12.1. The van der Waals surface area contributed by atoms with Gasteiger partial charge in [-0.2, -0.15) is 5.10 Å². The Morgan fingerprint density at radius 3 is 2.84 bits per heavy atom. The number of nitrogens with one attached hydrogen (secondary N) is 2. The van der Waals surface area contributed by atoms with E-state index in [0.29, 0.717) is 16.4 Å². The predicted molar refractivity (Wildman–Crippen MR) is 75.5 cm³/mol. The molecule has 0 aromatic carbocycles. The first-order chi connectivity index (χ1) is 9.01. The molecule has 6 nitrogen and oxygen atoms in total. The molecule has 0 aliphatic rings. The topological polar surface area (TPSA) is 71.8 Å². The Hall–Kier alpha value is -1.73. The summed E-state index contributed by atoms with van der Waals surface area (Å²) in [5.74, 6) is -0.177. The van der Waals surface area contributed by atoms with Gasteiger partial charge in [-0.25, -0.2) is 4.98 Å². The minimum absolute atomic E-state index is 0.169. The molecular formula is C12H17N5OS. The Morgan fingerprint density at radius 2 is 2.26 bits per heavy atom. The van der Waals surface area contributed by atoms with Crippen molar-refractivity contribution < 1.29 is 4.79 Å². The summed E-state index contributed by atoms with van der Waals surface area (Å²) >= 11 is 1.42. The zero-order valence-electron chi connectivity index (χ0n) is 11.4. The number of aromatic nitrogens is 3. The van der Waals surface area contributed by atoms with E-state index in [1.807, 2.05) is 26.3 Å². The third-order valence-corrected chi connectivity index (χ3v) is 3.65. The minimum Gasteiger partial charge on any atom is -0.312 e. The van der Waals surface area contributed by atoms with E-state index in [4.69, 9.17) is 0 Å². The van der Waals surface area contributed by atoms with Gasteiger partial charge in [0.05, 0.1) is 17.0 Å². The maximum Gasteiger partial charge on any atom is 0.260 e. The Bertz CT molecular complexity index is 589. The Labute approximate surface area is 115 Å². The van der Waals surface area contributed by atoms with Gasteiger partial charge in [0.2, 0.25) is 0 Å². The number of carbonyl (C=O) groups excluding carboxylic acids is 1. The van der Waals surface area contributed by atoms with E-state index in [1.165, 1.54) is 11.3 Å². The molecule has 0 bridgehead atoms. The highest BCUT2D eigenvalue weighted by Gasteiger charge is 2.15. The van der Waals surface area contributed by atoms with E-state index in [0.717, 1.165) is 5.69 Å². The molecule has 0 saturated heterocycles. The highest BCUT2D eigenvalue weighted by atomic mass is 32.1. The third-order valence-electron chi connectivity index (χ3n) is 2.88. The average molecular weight is 279 g/mol. The van der Waals surface area contributed by atoms with Crippen LogP contribution in [-0.4, -0.2) is 27.7 Å². The van der Waals surface area contributed by atoms with E-state index >= 15 is 0 Å². The predicted octanol–water partition coefficient (Wildman–Crippen LogP) is 1.72. The molecule has 1 amide bonds. The molecule has 0 saturated carbocycles. The lowest BCUT2D eigenvalue weighted by molar-refractivity contribution is 0.102. The van der Waals surface area contributed by atoms with Crippen molar-refractivity contribution in [3.8, 4) is 0 Å². The number of carbonyl (C=O) groups is 1. The maximum absolute atomic E-state index is 12.1. The Kier molecular flexibility index (Phi) is 3.96. The largest absolute Gasteiger partial charge is 0.312 e. The van der Waals surface area contributed by atoms with Crippen molar-refractivity contribution in [2.45, 2.75) is 19.9 Å². The molecular weight excluding hydrogens is 262 g/mol. The van der Waals surface area contributed by atoms with E-state index < -0.39 is 0 Å². The van der Waals surface area contributed by atoms with Gasteiger partial charge < -0.3 is 5.32 Å². The lowest BCUT2D eigenvalue weighted by atomic mass is 10.2. The van der Waals surface area contributed by atoms with Crippen LogP contribution >= 0.6 is 11.3 Å². The molecule has 0 aliphatic heterocycles. The molecule has 2 aromatic heterocycles. The van der Waals surface area contributed by atoms with Crippen LogP contribution in [0, 0.1) is 6.92 Å². The van der Waals surface area contributed by atoms with Gasteiger partial charge in [0.25, 0.3) is 5.91 Å². The summed E-state index contributed by atoms with van der Waals surface area (Å²) in [5, 5.41) is 12.6. The molecule has 2 N–H and O–H groups in total. The van der Waals surface area contributed by atoms with E-state index in [1.54, 1.807) is 17.9 Å². The van der Waals surface area contributed by atoms with Crippen molar-refractivity contribution in [1.82, 2.24) is 20.1 Å². The van der Waals surface area contributed by atoms with Gasteiger partial charge in [-0.05, 0) is 20.9 Å². The number of anilines is 1. The summed E-state index contributed by atoms with van der Waals surface area (Å²) < 4.78 is 1.63. The van der Waals surface area contributed by atoms with Gasteiger partial charge in [0.1, 0.15) is 0 Å². The number of aryl methyl sites for hydroxylation is 2. The molecule has 0 fully saturated rings. The van der Waals surface area contributed by atoms with Crippen molar-refractivity contribution in [2.75, 3.05) is 12.4 Å². The zero-order chi connectivity index (χ0) is 14.0. The van der Waals surface area contributed by atoms with Gasteiger partial charge in [0, 0.05) is 24.7 Å². The van der Waals surface area contributed by atoms with Crippen LogP contribution in [0.15, 0.2) is 11.6 Å². The fraction of sp³-hybridized carbons (Fsp3) is 0.417. The number of nitrogens with zero attached hydrogens (tertiary/aromatic N) is 3. The molecule has 0 spiro atoms. The molecule has 1 unspecified atom stereocenters. The van der Waals surface area contributed by atoms with Gasteiger partial charge in [-0.1, -0.05) is 0 Å². The number of thiazole rings is 1. The first-order valence-corrected chi connectivity index (χ1v) is 6.83. The normalized spacial score (nSPS) is 12.4. The summed E-state index contributed by atoms with van der Waals surface area (Å²) in [5.41, 5.74) is 2.20. The number of rotatable bonds is 4. The zero-order valence-corrected chi connectivity index (χ0v) is 12.2. The second-order valence-corrected chi connectivity index (χ2v) is 5.20. The van der Waals surface area contributed by atoms with Crippen LogP contribution in [0.4, 0.5) is 5.13 Å². The molecule has 0 aliphatic carbocycles. The highest BCUT2D eigenvalue weighted by Crippen LogP contribution is 2.21. The molecule has 2 heterocycles. The summed E-state index contributed by atoms with van der Waals surface area (Å²) in [6.07, 6.45) is 1.70. The quantitative estimate of drug-likeness (QED) is 0.894. The Morgan fingerprint density at radius 1 is 1.53 bits per heavy atom. The van der Waals surface area contributed by atoms with Crippen LogP contribution in [0.2, 0.25) is 0 Å². The van der Waals surface area contributed by atoms with Crippen molar-refractivity contribution in [3.05, 3.63) is 28.5 Å². The van der Waals surface area contributed by atoms with Crippen LogP contribution in [-0.2, 0) is 7.05 Å². The van der Waals surface area contributed by atoms with Crippen LogP contribution in [0.25, 0.3) is 0 Å². The number of hydrogen-bond acceptors (Lipinski definition) is 5. The van der Waals surface area contributed by atoms with Gasteiger partial charge >= 0.3 is 0 Å². The molecule has 2 aromatic rings. The lowest BCUT2D eigenvalue weighted by Gasteiger charge is -2.05. The highest BCUT2D eigenvalue weighted by molar-refractivity contribution is 7.14. The first kappa shape index (κ1) is 13.7. The third kappa shape index (κ3) is 2.99. The van der Waals surface area contributed by atoms with Crippen molar-refractivity contribution in [1.29, 1.82) is 0 Å². The molecule has 19 heavy (non-hydrogen) atoms. The molecule has 1 atom stereocenters. The van der Waals surface area contributed by atoms with Crippen LogP contribution in [0.1, 0.15) is 34.7 Å². The van der Waals surface area contributed by atoms with Gasteiger partial charge in [-0.15, -0.1) is 11.3 Å². The van der Waals surface area contributed by atoms with Crippen molar-refractivity contribution >= 4 is 22.4 Å².